The van der Waals surface area contributed by atoms with Crippen LogP contribution in [0.5, 0.6) is 0 Å². The Morgan fingerprint density at radius 2 is 1.94 bits per heavy atom. The molecule has 6 N–H and O–H groups in total. The molecule has 0 aliphatic heterocycles. The van der Waals surface area contributed by atoms with Gasteiger partial charge in [0.05, 0.1) is 0 Å². The van der Waals surface area contributed by atoms with E-state index in [1.165, 1.54) is 0 Å². The van der Waals surface area contributed by atoms with E-state index in [9.17, 15) is 4.79 Å². The van der Waals surface area contributed by atoms with Crippen LogP contribution in [0.2, 0.25) is 0 Å². The quantitative estimate of drug-likeness (QED) is 0.359. The standard InChI is InChI=1S/C8H12IN7O/c1-16(2)6-4(9)13-3(5(10)14-6)7(17)15-8(11)12/h1-2H3,(H2,10,14)(H4,11,12,15,17). The Morgan fingerprint density at radius 3 is 2.41 bits per heavy atom. The molecule has 0 spiro atoms. The molecule has 0 atom stereocenters. The predicted octanol–water partition coefficient (Wildman–Crippen LogP) is -0.857. The van der Waals surface area contributed by atoms with Gasteiger partial charge in [0.15, 0.2) is 23.3 Å². The molecule has 0 saturated heterocycles. The maximum Gasteiger partial charge on any atom is 0.302 e. The first kappa shape index (κ1) is 13.4. The Bertz CT molecular complexity index is 481. The second kappa shape index (κ2) is 5.12. The van der Waals surface area contributed by atoms with E-state index < -0.39 is 5.91 Å². The number of aromatic nitrogens is 2. The summed E-state index contributed by atoms with van der Waals surface area (Å²) in [6.07, 6.45) is 0. The number of aliphatic imine (C=N–C) groups is 1. The molecule has 9 heteroatoms. The molecule has 1 heterocycles. The van der Waals surface area contributed by atoms with Crippen LogP contribution < -0.4 is 22.1 Å². The molecule has 1 rings (SSSR count). The molecule has 1 amide bonds. The zero-order valence-electron chi connectivity index (χ0n) is 9.31. The maximum absolute atomic E-state index is 11.6. The normalized spacial score (nSPS) is 9.82. The van der Waals surface area contributed by atoms with Crippen LogP contribution in [-0.2, 0) is 0 Å². The summed E-state index contributed by atoms with van der Waals surface area (Å²) in [5.74, 6) is -0.491. The van der Waals surface area contributed by atoms with Crippen molar-refractivity contribution in [1.29, 1.82) is 0 Å². The van der Waals surface area contributed by atoms with Crippen molar-refractivity contribution in [2.75, 3.05) is 24.7 Å². The van der Waals surface area contributed by atoms with Crippen LogP contribution in [0.3, 0.4) is 0 Å². The molecule has 0 aliphatic carbocycles. The number of anilines is 2. The van der Waals surface area contributed by atoms with Crippen molar-refractivity contribution in [3.63, 3.8) is 0 Å². The first-order valence-corrected chi connectivity index (χ1v) is 5.55. The van der Waals surface area contributed by atoms with Crippen molar-refractivity contribution in [1.82, 2.24) is 9.97 Å². The first-order valence-electron chi connectivity index (χ1n) is 4.47. The van der Waals surface area contributed by atoms with Crippen molar-refractivity contribution in [3.05, 3.63) is 9.39 Å². The molecule has 8 nitrogen and oxygen atoms in total. The number of hydrogen-bond donors (Lipinski definition) is 3. The van der Waals surface area contributed by atoms with E-state index in [1.807, 2.05) is 22.6 Å². The summed E-state index contributed by atoms with van der Waals surface area (Å²) >= 11 is 1.95. The van der Waals surface area contributed by atoms with Crippen LogP contribution in [0, 0.1) is 3.70 Å². The number of hydrogen-bond acceptors (Lipinski definition) is 5. The molecule has 0 fully saturated rings. The van der Waals surface area contributed by atoms with Gasteiger partial charge in [-0.3, -0.25) is 4.79 Å². The number of guanidine groups is 1. The minimum absolute atomic E-state index is 0.0101. The third kappa shape index (κ3) is 3.15. The van der Waals surface area contributed by atoms with E-state index in [0.717, 1.165) is 0 Å². The fourth-order valence-electron chi connectivity index (χ4n) is 1.03. The minimum Gasteiger partial charge on any atom is -0.382 e. The van der Waals surface area contributed by atoms with Gasteiger partial charge in [-0.25, -0.2) is 9.97 Å². The lowest BCUT2D eigenvalue weighted by atomic mass is 10.4. The smallest absolute Gasteiger partial charge is 0.302 e. The molecule has 17 heavy (non-hydrogen) atoms. The van der Waals surface area contributed by atoms with Crippen molar-refractivity contribution in [3.8, 4) is 0 Å². The van der Waals surface area contributed by atoms with Crippen molar-refractivity contribution in [2.45, 2.75) is 0 Å². The van der Waals surface area contributed by atoms with Gasteiger partial charge in [0.2, 0.25) is 0 Å². The molecule has 1 aromatic rings. The van der Waals surface area contributed by atoms with Crippen LogP contribution in [0.1, 0.15) is 10.5 Å². The van der Waals surface area contributed by atoms with Gasteiger partial charge in [-0.1, -0.05) is 0 Å². The summed E-state index contributed by atoms with van der Waals surface area (Å²) in [7, 11) is 3.59. The number of rotatable bonds is 2. The van der Waals surface area contributed by atoms with Gasteiger partial charge in [0, 0.05) is 14.1 Å². The fourth-order valence-corrected chi connectivity index (χ4v) is 1.87. The highest BCUT2D eigenvalue weighted by Gasteiger charge is 2.17. The van der Waals surface area contributed by atoms with Gasteiger partial charge in [-0.2, -0.15) is 4.99 Å². The predicted molar refractivity (Wildman–Crippen MR) is 73.6 cm³/mol. The van der Waals surface area contributed by atoms with Gasteiger partial charge in [-0.15, -0.1) is 0 Å². The second-order valence-corrected chi connectivity index (χ2v) is 4.33. The number of nitrogens with zero attached hydrogens (tertiary/aromatic N) is 4. The number of carbonyl (C=O) groups is 1. The van der Waals surface area contributed by atoms with Crippen molar-refractivity contribution < 1.29 is 4.79 Å². The van der Waals surface area contributed by atoms with Crippen molar-refractivity contribution in [2.24, 2.45) is 16.5 Å². The summed E-state index contributed by atoms with van der Waals surface area (Å²) < 4.78 is 0.538. The third-order valence-electron chi connectivity index (χ3n) is 1.72. The minimum atomic E-state index is -0.710. The van der Waals surface area contributed by atoms with Crippen LogP contribution >= 0.6 is 22.6 Å². The third-order valence-corrected chi connectivity index (χ3v) is 2.44. The van der Waals surface area contributed by atoms with Crippen LogP contribution in [0.15, 0.2) is 4.99 Å². The summed E-state index contributed by atoms with van der Waals surface area (Å²) in [6, 6.07) is 0. The Kier molecular flexibility index (Phi) is 4.04. The van der Waals surface area contributed by atoms with Crippen LogP contribution in [-0.4, -0.2) is 35.9 Å². The van der Waals surface area contributed by atoms with E-state index in [4.69, 9.17) is 17.2 Å². The average Bonchev–Trinajstić information content (AvgIpc) is 2.19. The Balaban J connectivity index is 3.25. The summed E-state index contributed by atoms with van der Waals surface area (Å²) in [4.78, 5) is 24.8. The highest BCUT2D eigenvalue weighted by molar-refractivity contribution is 14.1. The molecule has 0 unspecified atom stereocenters. The molecule has 92 valence electrons. The largest absolute Gasteiger partial charge is 0.382 e. The van der Waals surface area contributed by atoms with Gasteiger partial charge < -0.3 is 22.1 Å². The number of nitrogen functional groups attached to an aromatic ring is 1. The summed E-state index contributed by atoms with van der Waals surface area (Å²) in [5.41, 5.74) is 15.8. The Hall–Kier alpha value is -1.65. The van der Waals surface area contributed by atoms with Gasteiger partial charge in [0.25, 0.3) is 0 Å². The summed E-state index contributed by atoms with van der Waals surface area (Å²) in [6.45, 7) is 0. The Morgan fingerprint density at radius 1 is 1.35 bits per heavy atom. The van der Waals surface area contributed by atoms with Gasteiger partial charge >= 0.3 is 5.91 Å². The lowest BCUT2D eigenvalue weighted by molar-refractivity contribution is 0.0998. The first-order chi connectivity index (χ1) is 7.82. The second-order valence-electron chi connectivity index (χ2n) is 3.31. The fraction of sp³-hybridized carbons (Fsp3) is 0.250. The van der Waals surface area contributed by atoms with E-state index in [0.29, 0.717) is 9.52 Å². The molecular formula is C8H12IN7O. The van der Waals surface area contributed by atoms with E-state index >= 15 is 0 Å². The van der Waals surface area contributed by atoms with Gasteiger partial charge in [-0.05, 0) is 22.6 Å². The summed E-state index contributed by atoms with van der Waals surface area (Å²) in [5, 5.41) is 0. The monoisotopic (exact) mass is 349 g/mol. The van der Waals surface area contributed by atoms with Gasteiger partial charge in [0.1, 0.15) is 3.70 Å². The lowest BCUT2D eigenvalue weighted by Gasteiger charge is -2.13. The molecular weight excluding hydrogens is 337 g/mol. The molecule has 0 bridgehead atoms. The highest BCUT2D eigenvalue weighted by atomic mass is 127. The van der Waals surface area contributed by atoms with E-state index in [1.54, 1.807) is 19.0 Å². The highest BCUT2D eigenvalue weighted by Crippen LogP contribution is 2.20. The SMILES string of the molecule is CN(C)c1nc(N)c(C(=O)N=C(N)N)nc1I. The molecule has 0 aliphatic rings. The molecule has 1 aromatic heterocycles. The topological polar surface area (TPSA) is 137 Å². The number of carbonyl (C=O) groups excluding carboxylic acids is 1. The average molecular weight is 349 g/mol. The van der Waals surface area contributed by atoms with E-state index in [2.05, 4.69) is 15.0 Å². The lowest BCUT2D eigenvalue weighted by Crippen LogP contribution is -2.25. The zero-order chi connectivity index (χ0) is 13.2. The number of amides is 1. The zero-order valence-corrected chi connectivity index (χ0v) is 11.5. The number of halogens is 1. The van der Waals surface area contributed by atoms with Crippen molar-refractivity contribution >= 4 is 46.1 Å². The van der Waals surface area contributed by atoms with Crippen LogP contribution in [0.4, 0.5) is 11.6 Å². The number of nitrogens with two attached hydrogens (primary N) is 3. The Labute approximate surface area is 111 Å². The maximum atomic E-state index is 11.6. The van der Waals surface area contributed by atoms with E-state index in [-0.39, 0.29) is 17.5 Å². The van der Waals surface area contributed by atoms with Crippen LogP contribution in [0.25, 0.3) is 0 Å². The molecule has 0 aromatic carbocycles. The molecule has 0 radical (unpaired) electrons. The molecule has 0 saturated carbocycles.